The molecule has 4 rings (SSSR count). The van der Waals surface area contributed by atoms with E-state index in [9.17, 15) is 26.4 Å². The van der Waals surface area contributed by atoms with Gasteiger partial charge >= 0.3 is 0 Å². The third-order valence-corrected chi connectivity index (χ3v) is 6.55. The first-order valence-corrected chi connectivity index (χ1v) is 12.2. The highest BCUT2D eigenvalue weighted by molar-refractivity contribution is 7.88. The number of benzene rings is 2. The van der Waals surface area contributed by atoms with Gasteiger partial charge in [0.25, 0.3) is 11.8 Å². The van der Waals surface area contributed by atoms with Crippen LogP contribution in [0.2, 0.25) is 0 Å². The second kappa shape index (κ2) is 8.69. The summed E-state index contributed by atoms with van der Waals surface area (Å²) in [6, 6.07) is 6.25. The second-order valence-electron chi connectivity index (χ2n) is 8.30. The van der Waals surface area contributed by atoms with Crippen LogP contribution in [-0.4, -0.2) is 62.7 Å². The number of nitrogens with one attached hydrogen (secondary N) is 1. The molecule has 2 heterocycles. The lowest BCUT2D eigenvalue weighted by molar-refractivity contribution is -0.158. The fourth-order valence-electron chi connectivity index (χ4n) is 4.23. The van der Waals surface area contributed by atoms with Gasteiger partial charge in [0.2, 0.25) is 10.0 Å². The van der Waals surface area contributed by atoms with E-state index in [2.05, 4.69) is 0 Å². The topological polar surface area (TPSA) is 75.7 Å². The summed E-state index contributed by atoms with van der Waals surface area (Å²) < 4.78 is 89.5. The van der Waals surface area contributed by atoms with Crippen LogP contribution >= 0.6 is 0 Å². The summed E-state index contributed by atoms with van der Waals surface area (Å²) in [6.07, 6.45) is -0.161. The van der Waals surface area contributed by atoms with Crippen molar-refractivity contribution < 1.29 is 35.5 Å². The fourth-order valence-corrected chi connectivity index (χ4v) is 5.02. The van der Waals surface area contributed by atoms with Gasteiger partial charge in [-0.25, -0.2) is 30.7 Å². The van der Waals surface area contributed by atoms with E-state index in [1.807, 2.05) is 4.72 Å². The number of nitrogens with zero attached hydrogens (tertiary/aromatic N) is 1. The summed E-state index contributed by atoms with van der Waals surface area (Å²) in [4.78, 5) is 13.7. The van der Waals surface area contributed by atoms with Gasteiger partial charge in [0.1, 0.15) is 23.8 Å². The minimum atomic E-state index is -4.07. The van der Waals surface area contributed by atoms with Crippen molar-refractivity contribution in [1.82, 2.24) is 9.62 Å². The number of ether oxygens (including phenoxy) is 1. The van der Waals surface area contributed by atoms with Crippen LogP contribution in [0.3, 0.4) is 0 Å². The van der Waals surface area contributed by atoms with Crippen LogP contribution in [0.25, 0.3) is 11.1 Å². The molecule has 2 aliphatic heterocycles. The average Bonchev–Trinajstić information content (AvgIpc) is 2.91. The lowest BCUT2D eigenvalue weighted by Crippen LogP contribution is -2.54. The van der Waals surface area contributed by atoms with Crippen LogP contribution in [0.4, 0.5) is 17.6 Å². The van der Waals surface area contributed by atoms with Crippen LogP contribution in [-0.2, 0) is 26.0 Å². The first-order chi connectivity index (χ1) is 15.5. The van der Waals surface area contributed by atoms with Crippen molar-refractivity contribution in [2.45, 2.75) is 37.0 Å². The molecule has 11 heteroatoms. The molecule has 0 aromatic heterocycles. The Balaban J connectivity index is 1.72. The number of carbonyl (C=O) groups excluding carboxylic acids is 1. The molecular formula is C22H22F4N2O4S. The molecule has 2 aromatic rings. The Morgan fingerprint density at radius 3 is 2.52 bits per heavy atom. The largest absolute Gasteiger partial charge is 0.368 e. The van der Waals surface area contributed by atoms with E-state index in [1.165, 1.54) is 36.4 Å². The van der Waals surface area contributed by atoms with Gasteiger partial charge in [-0.2, -0.15) is 0 Å². The zero-order chi connectivity index (χ0) is 24.0. The monoisotopic (exact) mass is 486 g/mol. The molecule has 1 amide bonds. The zero-order valence-electron chi connectivity index (χ0n) is 17.6. The third-order valence-electron chi connectivity index (χ3n) is 5.86. The lowest BCUT2D eigenvalue weighted by Gasteiger charge is -2.33. The Morgan fingerprint density at radius 1 is 1.21 bits per heavy atom. The summed E-state index contributed by atoms with van der Waals surface area (Å²) >= 11 is 0. The van der Waals surface area contributed by atoms with Crippen molar-refractivity contribution in [2.24, 2.45) is 0 Å². The molecule has 0 aliphatic carbocycles. The van der Waals surface area contributed by atoms with Gasteiger partial charge < -0.3 is 9.64 Å². The Kier molecular flexibility index (Phi) is 6.23. The van der Waals surface area contributed by atoms with E-state index < -0.39 is 58.2 Å². The standard InChI is InChI=1S/C22H22F4N2O4S/c1-33(30,31)27-20-17(28(12-22(20,25)26)21(29)18-8-9-32-18)11-14-5-3-7-16(19(14)24)13-4-2-6-15(23)10-13/h2-7,10,17-18,20,27H,8-9,11-12H2,1H3/t17-,18-,20+/m0/s1. The van der Waals surface area contributed by atoms with E-state index in [-0.39, 0.29) is 23.1 Å². The first kappa shape index (κ1) is 23.7. The summed E-state index contributed by atoms with van der Waals surface area (Å²) in [7, 11) is -4.07. The van der Waals surface area contributed by atoms with E-state index >= 15 is 4.39 Å². The summed E-state index contributed by atoms with van der Waals surface area (Å²) in [5.41, 5.74) is 0.310. The van der Waals surface area contributed by atoms with Crippen molar-refractivity contribution in [3.05, 3.63) is 59.7 Å². The number of hydrogen-bond acceptors (Lipinski definition) is 4. The van der Waals surface area contributed by atoms with E-state index in [1.54, 1.807) is 0 Å². The maximum atomic E-state index is 15.4. The minimum absolute atomic E-state index is 0.00732. The maximum absolute atomic E-state index is 15.4. The molecule has 0 spiro atoms. The molecule has 0 bridgehead atoms. The molecule has 6 nitrogen and oxygen atoms in total. The quantitative estimate of drug-likeness (QED) is 0.638. The summed E-state index contributed by atoms with van der Waals surface area (Å²) in [5.74, 6) is -5.60. The molecule has 3 atom stereocenters. The minimum Gasteiger partial charge on any atom is -0.368 e. The number of likely N-dealkylation sites (tertiary alicyclic amines) is 1. The zero-order valence-corrected chi connectivity index (χ0v) is 18.4. The smallest absolute Gasteiger partial charge is 0.283 e. The number of carbonyl (C=O) groups is 1. The van der Waals surface area contributed by atoms with Crippen molar-refractivity contribution in [1.29, 1.82) is 0 Å². The van der Waals surface area contributed by atoms with Crippen molar-refractivity contribution in [3.8, 4) is 11.1 Å². The van der Waals surface area contributed by atoms with Gasteiger partial charge in [-0.05, 0) is 29.7 Å². The molecule has 0 radical (unpaired) electrons. The van der Waals surface area contributed by atoms with Crippen LogP contribution in [0.15, 0.2) is 42.5 Å². The molecular weight excluding hydrogens is 464 g/mol. The van der Waals surface area contributed by atoms with Crippen molar-refractivity contribution in [3.63, 3.8) is 0 Å². The molecule has 2 saturated heterocycles. The van der Waals surface area contributed by atoms with Crippen LogP contribution in [0, 0.1) is 11.6 Å². The maximum Gasteiger partial charge on any atom is 0.283 e. The summed E-state index contributed by atoms with van der Waals surface area (Å²) in [5, 5.41) is 0. The molecule has 2 fully saturated rings. The number of rotatable bonds is 6. The van der Waals surface area contributed by atoms with E-state index in [0.29, 0.717) is 13.0 Å². The summed E-state index contributed by atoms with van der Waals surface area (Å²) in [6.45, 7) is -0.699. The Bertz CT molecular complexity index is 1170. The molecule has 178 valence electrons. The normalized spacial score (nSPS) is 24.5. The van der Waals surface area contributed by atoms with Crippen molar-refractivity contribution in [2.75, 3.05) is 19.4 Å². The fraction of sp³-hybridized carbons (Fsp3) is 0.409. The number of amides is 1. The third kappa shape index (κ3) is 4.90. The molecule has 0 unspecified atom stereocenters. The Morgan fingerprint density at radius 2 is 1.91 bits per heavy atom. The van der Waals surface area contributed by atoms with Crippen LogP contribution in [0.1, 0.15) is 12.0 Å². The highest BCUT2D eigenvalue weighted by atomic mass is 32.2. The Hall–Kier alpha value is -2.50. The van der Waals surface area contributed by atoms with Gasteiger partial charge in [-0.1, -0.05) is 30.3 Å². The predicted molar refractivity (Wildman–Crippen MR) is 112 cm³/mol. The van der Waals surface area contributed by atoms with Crippen LogP contribution < -0.4 is 4.72 Å². The second-order valence-corrected chi connectivity index (χ2v) is 10.1. The SMILES string of the molecule is CS(=O)(=O)N[C@@H]1[C@H](Cc2cccc(-c3cccc(F)c3)c2F)N(C(=O)[C@@H]2CCO2)CC1(F)F. The highest BCUT2D eigenvalue weighted by Crippen LogP contribution is 2.37. The Labute approximate surface area is 188 Å². The van der Waals surface area contributed by atoms with Gasteiger partial charge in [0.15, 0.2) is 0 Å². The van der Waals surface area contributed by atoms with Gasteiger partial charge in [-0.3, -0.25) is 4.79 Å². The van der Waals surface area contributed by atoms with Gasteiger partial charge in [0, 0.05) is 12.0 Å². The van der Waals surface area contributed by atoms with Crippen LogP contribution in [0.5, 0.6) is 0 Å². The highest BCUT2D eigenvalue weighted by Gasteiger charge is 2.57. The van der Waals surface area contributed by atoms with E-state index in [0.717, 1.165) is 17.2 Å². The molecule has 2 aromatic carbocycles. The number of hydrogen-bond donors (Lipinski definition) is 1. The number of halogens is 4. The lowest BCUT2D eigenvalue weighted by atomic mass is 9.95. The average molecular weight is 486 g/mol. The molecule has 0 saturated carbocycles. The van der Waals surface area contributed by atoms with Gasteiger partial charge in [0.05, 0.1) is 25.4 Å². The predicted octanol–water partition coefficient (Wildman–Crippen LogP) is 2.73. The van der Waals surface area contributed by atoms with E-state index in [4.69, 9.17) is 4.74 Å². The van der Waals surface area contributed by atoms with Gasteiger partial charge in [-0.15, -0.1) is 0 Å². The number of alkyl halides is 2. The van der Waals surface area contributed by atoms with Crippen molar-refractivity contribution >= 4 is 15.9 Å². The number of sulfonamides is 1. The first-order valence-electron chi connectivity index (χ1n) is 10.3. The molecule has 1 N–H and O–H groups in total. The molecule has 33 heavy (non-hydrogen) atoms. The molecule has 2 aliphatic rings.